The normalized spacial score (nSPS) is 13.8. The number of rotatable bonds is 1. The van der Waals surface area contributed by atoms with E-state index in [0.717, 1.165) is 5.56 Å². The molecule has 1 aliphatic rings. The maximum absolute atomic E-state index is 13.2. The number of nitrogens with two attached hydrogens (primary N) is 1. The van der Waals surface area contributed by atoms with E-state index in [-0.39, 0.29) is 11.7 Å². The van der Waals surface area contributed by atoms with Gasteiger partial charge in [0.1, 0.15) is 5.82 Å². The van der Waals surface area contributed by atoms with E-state index in [9.17, 15) is 9.18 Å². The molecule has 18 heavy (non-hydrogen) atoms. The van der Waals surface area contributed by atoms with E-state index in [1.807, 2.05) is 0 Å². The minimum Gasteiger partial charge on any atom is -0.398 e. The molecule has 0 spiro atoms. The van der Waals surface area contributed by atoms with E-state index in [1.54, 1.807) is 30.3 Å². The molecule has 3 rings (SSSR count). The summed E-state index contributed by atoms with van der Waals surface area (Å²) in [5.41, 5.74) is 8.41. The molecule has 0 atom stereocenters. The molecule has 3 nitrogen and oxygen atoms in total. The van der Waals surface area contributed by atoms with Gasteiger partial charge in [-0.25, -0.2) is 4.39 Å². The molecule has 0 aliphatic carbocycles. The van der Waals surface area contributed by atoms with Crippen LogP contribution in [0.2, 0.25) is 0 Å². The van der Waals surface area contributed by atoms with Gasteiger partial charge in [0.25, 0.3) is 5.91 Å². The zero-order chi connectivity index (χ0) is 12.7. The van der Waals surface area contributed by atoms with E-state index in [4.69, 9.17) is 5.73 Å². The molecule has 1 heterocycles. The van der Waals surface area contributed by atoms with Gasteiger partial charge in [-0.3, -0.25) is 4.79 Å². The Kier molecular flexibility index (Phi) is 2.30. The Morgan fingerprint density at radius 3 is 2.67 bits per heavy atom. The van der Waals surface area contributed by atoms with Crippen LogP contribution >= 0.6 is 0 Å². The number of nitrogens with zero attached hydrogens (tertiary/aromatic N) is 1. The average molecular weight is 242 g/mol. The van der Waals surface area contributed by atoms with Gasteiger partial charge in [-0.1, -0.05) is 12.1 Å². The maximum atomic E-state index is 13.2. The number of anilines is 2. The fourth-order valence-electron chi connectivity index (χ4n) is 2.21. The predicted molar refractivity (Wildman–Crippen MR) is 67.8 cm³/mol. The van der Waals surface area contributed by atoms with Gasteiger partial charge in [-0.15, -0.1) is 0 Å². The topological polar surface area (TPSA) is 46.3 Å². The summed E-state index contributed by atoms with van der Waals surface area (Å²) in [4.78, 5) is 13.7. The Bertz CT molecular complexity index is 639. The first-order valence-corrected chi connectivity index (χ1v) is 5.61. The smallest absolute Gasteiger partial charge is 0.259 e. The molecule has 1 aliphatic heterocycles. The lowest BCUT2D eigenvalue weighted by atomic mass is 10.1. The summed E-state index contributed by atoms with van der Waals surface area (Å²) in [7, 11) is 0. The molecule has 90 valence electrons. The van der Waals surface area contributed by atoms with E-state index >= 15 is 0 Å². The van der Waals surface area contributed by atoms with Crippen molar-refractivity contribution in [3.8, 4) is 0 Å². The van der Waals surface area contributed by atoms with E-state index in [0.29, 0.717) is 23.5 Å². The first-order chi connectivity index (χ1) is 8.66. The minimum absolute atomic E-state index is 0.136. The third-order valence-electron chi connectivity index (χ3n) is 3.12. The maximum Gasteiger partial charge on any atom is 0.259 e. The second-order valence-electron chi connectivity index (χ2n) is 4.24. The van der Waals surface area contributed by atoms with Gasteiger partial charge < -0.3 is 10.6 Å². The molecule has 0 bridgehead atoms. The van der Waals surface area contributed by atoms with Gasteiger partial charge in [0, 0.05) is 22.5 Å². The summed E-state index contributed by atoms with van der Waals surface area (Å²) < 4.78 is 13.2. The van der Waals surface area contributed by atoms with Crippen LogP contribution in [0.25, 0.3) is 0 Å². The summed E-state index contributed by atoms with van der Waals surface area (Å²) in [5, 5.41) is 0. The predicted octanol–water partition coefficient (Wildman–Crippen LogP) is 2.57. The number of hydrogen-bond acceptors (Lipinski definition) is 2. The number of hydrogen-bond donors (Lipinski definition) is 1. The number of halogens is 1. The zero-order valence-electron chi connectivity index (χ0n) is 9.56. The van der Waals surface area contributed by atoms with Crippen molar-refractivity contribution in [3.63, 3.8) is 0 Å². The molecule has 0 fully saturated rings. The van der Waals surface area contributed by atoms with Gasteiger partial charge >= 0.3 is 0 Å². The van der Waals surface area contributed by atoms with Crippen molar-refractivity contribution in [1.29, 1.82) is 0 Å². The number of carbonyl (C=O) groups is 1. The van der Waals surface area contributed by atoms with Crippen LogP contribution < -0.4 is 10.6 Å². The van der Waals surface area contributed by atoms with Crippen LogP contribution in [0.4, 0.5) is 15.8 Å². The van der Waals surface area contributed by atoms with Crippen LogP contribution in [-0.4, -0.2) is 5.91 Å². The SMILES string of the molecule is Nc1cccc2c1CN(c1cccc(F)c1)C2=O. The standard InChI is InChI=1S/C14H11FN2O/c15-9-3-1-4-10(7-9)17-8-12-11(14(17)18)5-2-6-13(12)16/h1-7H,8,16H2. The molecule has 2 N–H and O–H groups in total. The molecule has 2 aromatic carbocycles. The lowest BCUT2D eigenvalue weighted by Crippen LogP contribution is -2.22. The molecular weight excluding hydrogens is 231 g/mol. The molecule has 2 aromatic rings. The monoisotopic (exact) mass is 242 g/mol. The van der Waals surface area contributed by atoms with E-state index in [2.05, 4.69) is 0 Å². The van der Waals surface area contributed by atoms with Crippen LogP contribution in [0.3, 0.4) is 0 Å². The lowest BCUT2D eigenvalue weighted by Gasteiger charge is -2.15. The number of carbonyl (C=O) groups excluding carboxylic acids is 1. The van der Waals surface area contributed by atoms with Crippen molar-refractivity contribution in [2.45, 2.75) is 6.54 Å². The van der Waals surface area contributed by atoms with Crippen molar-refractivity contribution < 1.29 is 9.18 Å². The number of fused-ring (bicyclic) bond motifs is 1. The molecule has 4 heteroatoms. The summed E-state index contributed by atoms with van der Waals surface area (Å²) in [6.45, 7) is 0.393. The Morgan fingerprint density at radius 1 is 1.17 bits per heavy atom. The number of amides is 1. The van der Waals surface area contributed by atoms with Crippen LogP contribution in [0, 0.1) is 5.82 Å². The second kappa shape index (κ2) is 3.84. The van der Waals surface area contributed by atoms with E-state index in [1.165, 1.54) is 17.0 Å². The Hall–Kier alpha value is -2.36. The van der Waals surface area contributed by atoms with Gasteiger partial charge in [-0.05, 0) is 30.3 Å². The molecule has 0 saturated carbocycles. The zero-order valence-corrected chi connectivity index (χ0v) is 9.56. The molecule has 0 unspecified atom stereocenters. The van der Waals surface area contributed by atoms with E-state index < -0.39 is 0 Å². The Morgan fingerprint density at radius 2 is 1.94 bits per heavy atom. The minimum atomic E-state index is -0.357. The summed E-state index contributed by atoms with van der Waals surface area (Å²) in [5.74, 6) is -0.493. The highest BCUT2D eigenvalue weighted by atomic mass is 19.1. The lowest BCUT2D eigenvalue weighted by molar-refractivity contribution is 0.0996. The van der Waals surface area contributed by atoms with Crippen molar-refractivity contribution >= 4 is 17.3 Å². The van der Waals surface area contributed by atoms with Crippen LogP contribution in [0.15, 0.2) is 42.5 Å². The summed E-state index contributed by atoms with van der Waals surface area (Å²) >= 11 is 0. The number of benzene rings is 2. The highest BCUT2D eigenvalue weighted by Crippen LogP contribution is 2.31. The first kappa shape index (κ1) is 10.8. The van der Waals surface area contributed by atoms with Crippen molar-refractivity contribution in [1.82, 2.24) is 0 Å². The summed E-state index contributed by atoms with van der Waals surface area (Å²) in [6, 6.07) is 11.3. The Balaban J connectivity index is 2.05. The summed E-state index contributed by atoms with van der Waals surface area (Å²) in [6.07, 6.45) is 0. The molecule has 0 aromatic heterocycles. The quantitative estimate of drug-likeness (QED) is 0.781. The molecule has 0 radical (unpaired) electrons. The molecular formula is C14H11FN2O. The van der Waals surface area contributed by atoms with Crippen molar-refractivity contribution in [3.05, 3.63) is 59.4 Å². The van der Waals surface area contributed by atoms with Crippen LogP contribution in [-0.2, 0) is 6.54 Å². The molecule has 1 amide bonds. The second-order valence-corrected chi connectivity index (χ2v) is 4.24. The molecule has 0 saturated heterocycles. The largest absolute Gasteiger partial charge is 0.398 e. The van der Waals surface area contributed by atoms with Crippen molar-refractivity contribution in [2.75, 3.05) is 10.6 Å². The Labute approximate surface area is 104 Å². The fourth-order valence-corrected chi connectivity index (χ4v) is 2.21. The first-order valence-electron chi connectivity index (χ1n) is 5.61. The van der Waals surface area contributed by atoms with Crippen molar-refractivity contribution in [2.24, 2.45) is 0 Å². The highest BCUT2D eigenvalue weighted by Gasteiger charge is 2.29. The van der Waals surface area contributed by atoms with Gasteiger partial charge in [-0.2, -0.15) is 0 Å². The van der Waals surface area contributed by atoms with Crippen LogP contribution in [0.5, 0.6) is 0 Å². The number of nitrogen functional groups attached to an aromatic ring is 1. The average Bonchev–Trinajstić information content (AvgIpc) is 2.69. The third-order valence-corrected chi connectivity index (χ3v) is 3.12. The van der Waals surface area contributed by atoms with Crippen LogP contribution in [0.1, 0.15) is 15.9 Å². The fraction of sp³-hybridized carbons (Fsp3) is 0.0714. The van der Waals surface area contributed by atoms with Gasteiger partial charge in [0.2, 0.25) is 0 Å². The van der Waals surface area contributed by atoms with Gasteiger partial charge in [0.05, 0.1) is 6.54 Å². The van der Waals surface area contributed by atoms with Gasteiger partial charge in [0.15, 0.2) is 0 Å². The highest BCUT2D eigenvalue weighted by molar-refractivity contribution is 6.11. The third kappa shape index (κ3) is 1.54.